The third-order valence-corrected chi connectivity index (χ3v) is 5.18. The first kappa shape index (κ1) is 24.2. The second-order valence-corrected chi connectivity index (χ2v) is 7.59. The Labute approximate surface area is 185 Å². The van der Waals surface area contributed by atoms with Crippen LogP contribution in [0.25, 0.3) is 0 Å². The molecule has 5 nitrogen and oxygen atoms in total. The second kappa shape index (κ2) is 9.60. The lowest BCUT2D eigenvalue weighted by molar-refractivity contribution is -0.138. The topological polar surface area (TPSA) is 74.1 Å². The van der Waals surface area contributed by atoms with Gasteiger partial charge < -0.3 is 15.4 Å². The first-order valence-corrected chi connectivity index (χ1v) is 9.98. The number of carbonyl (C=O) groups excluding carboxylic acids is 1. The summed E-state index contributed by atoms with van der Waals surface area (Å²) >= 11 is 0. The normalized spacial score (nSPS) is 18.8. The third kappa shape index (κ3) is 6.54. The van der Waals surface area contributed by atoms with Crippen LogP contribution >= 0.6 is 0 Å². The van der Waals surface area contributed by atoms with Crippen LogP contribution in [0.2, 0.25) is 0 Å². The summed E-state index contributed by atoms with van der Waals surface area (Å²) in [6.45, 7) is 0. The minimum atomic E-state index is -4.57. The Kier molecular flexibility index (Phi) is 7.05. The summed E-state index contributed by atoms with van der Waals surface area (Å²) < 4.78 is 82.5. The van der Waals surface area contributed by atoms with Crippen molar-refractivity contribution in [1.82, 2.24) is 5.32 Å². The van der Waals surface area contributed by atoms with Gasteiger partial charge in [0.15, 0.2) is 0 Å². The molecule has 1 saturated carbocycles. The van der Waals surface area contributed by atoms with Gasteiger partial charge in [0.2, 0.25) is 0 Å². The maximum Gasteiger partial charge on any atom is 0.416 e. The molecule has 0 bridgehead atoms. The van der Waals surface area contributed by atoms with Crippen LogP contribution in [0.1, 0.15) is 42.4 Å². The number of hydrogen-bond acceptors (Lipinski definition) is 3. The van der Waals surface area contributed by atoms with E-state index in [2.05, 4.69) is 10.6 Å². The fourth-order valence-electron chi connectivity index (χ4n) is 3.53. The van der Waals surface area contributed by atoms with E-state index in [0.717, 1.165) is 30.3 Å². The molecule has 0 saturated heterocycles. The molecular weight excluding hydrogens is 452 g/mol. The average molecular weight is 471 g/mol. The molecule has 1 aliphatic carbocycles. The summed E-state index contributed by atoms with van der Waals surface area (Å²) in [4.78, 5) is 12.1. The van der Waals surface area contributed by atoms with Gasteiger partial charge in [-0.05, 0) is 62.1 Å². The quantitative estimate of drug-likeness (QED) is 0.529. The Bertz CT molecular complexity index is 1040. The van der Waals surface area contributed by atoms with Gasteiger partial charge in [-0.2, -0.15) is 31.6 Å². The van der Waals surface area contributed by atoms with Crippen LogP contribution in [0.4, 0.5) is 36.8 Å². The van der Waals surface area contributed by atoms with Crippen LogP contribution in [-0.4, -0.2) is 18.2 Å². The summed E-state index contributed by atoms with van der Waals surface area (Å²) in [5.41, 5.74) is -2.03. The monoisotopic (exact) mass is 471 g/mol. The van der Waals surface area contributed by atoms with Crippen molar-refractivity contribution in [2.75, 3.05) is 5.32 Å². The van der Waals surface area contributed by atoms with Crippen LogP contribution in [0.5, 0.6) is 5.75 Å². The lowest BCUT2D eigenvalue weighted by Crippen LogP contribution is -2.41. The molecule has 0 spiro atoms. The molecule has 0 radical (unpaired) electrons. The van der Waals surface area contributed by atoms with Gasteiger partial charge in [-0.1, -0.05) is 6.07 Å². The van der Waals surface area contributed by atoms with Gasteiger partial charge >= 0.3 is 18.4 Å². The Morgan fingerprint density at radius 2 is 1.58 bits per heavy atom. The number of nitriles is 1. The van der Waals surface area contributed by atoms with Gasteiger partial charge in [0.25, 0.3) is 0 Å². The lowest BCUT2D eigenvalue weighted by atomic mass is 9.93. The number of nitrogens with one attached hydrogen (secondary N) is 2. The number of urea groups is 1. The Morgan fingerprint density at radius 3 is 2.18 bits per heavy atom. The molecule has 2 aromatic rings. The second-order valence-electron chi connectivity index (χ2n) is 7.59. The Morgan fingerprint density at radius 1 is 0.939 bits per heavy atom. The number of rotatable bonds is 4. The van der Waals surface area contributed by atoms with Crippen molar-refractivity contribution >= 4 is 11.7 Å². The van der Waals surface area contributed by atoms with E-state index < -0.39 is 29.5 Å². The molecular formula is C22H19F6N3O2. The van der Waals surface area contributed by atoms with E-state index in [9.17, 15) is 31.1 Å². The number of anilines is 1. The molecule has 2 aromatic carbocycles. The number of carbonyl (C=O) groups is 1. The Hall–Kier alpha value is -3.42. The number of hydrogen-bond donors (Lipinski definition) is 2. The van der Waals surface area contributed by atoms with E-state index >= 15 is 0 Å². The largest absolute Gasteiger partial charge is 0.489 e. The summed E-state index contributed by atoms with van der Waals surface area (Å²) in [7, 11) is 0. The first-order chi connectivity index (χ1) is 15.5. The highest BCUT2D eigenvalue weighted by molar-refractivity contribution is 5.89. The first-order valence-electron chi connectivity index (χ1n) is 9.98. The average Bonchev–Trinajstić information content (AvgIpc) is 2.74. The van der Waals surface area contributed by atoms with E-state index in [1.807, 2.05) is 0 Å². The summed E-state index contributed by atoms with van der Waals surface area (Å²) in [5.74, 6) is 0.0594. The standard InChI is InChI=1S/C22H19F6N3O2/c23-21(24,25)14-2-1-3-17(11-14)31-20(32)30-16-5-7-18(8-6-16)33-19-9-4-15(22(26,27)28)10-13(19)12-29/h1-4,9-11,16,18H,5-8H2,(H2,30,31,32)/t16-,18-. The van der Waals surface area contributed by atoms with Crippen molar-refractivity contribution in [3.05, 3.63) is 59.2 Å². The molecule has 2 amide bonds. The van der Waals surface area contributed by atoms with Crippen LogP contribution in [0.3, 0.4) is 0 Å². The summed E-state index contributed by atoms with van der Waals surface area (Å²) in [5, 5.41) is 14.2. The third-order valence-electron chi connectivity index (χ3n) is 5.18. The summed E-state index contributed by atoms with van der Waals surface area (Å²) in [6.07, 6.45) is -7.51. The van der Waals surface area contributed by atoms with Crippen LogP contribution in [-0.2, 0) is 12.4 Å². The lowest BCUT2D eigenvalue weighted by Gasteiger charge is -2.30. The van der Waals surface area contributed by atoms with Gasteiger partial charge in [-0.25, -0.2) is 4.79 Å². The number of amides is 2. The van der Waals surface area contributed by atoms with E-state index in [0.29, 0.717) is 25.7 Å². The smallest absolute Gasteiger partial charge is 0.416 e. The van der Waals surface area contributed by atoms with Crippen molar-refractivity contribution in [2.24, 2.45) is 0 Å². The van der Waals surface area contributed by atoms with Crippen LogP contribution in [0, 0.1) is 11.3 Å². The molecule has 2 N–H and O–H groups in total. The molecule has 3 rings (SSSR count). The number of nitrogens with zero attached hydrogens (tertiary/aromatic N) is 1. The molecule has 1 fully saturated rings. The van der Waals surface area contributed by atoms with Crippen molar-refractivity contribution in [3.63, 3.8) is 0 Å². The highest BCUT2D eigenvalue weighted by atomic mass is 19.4. The number of benzene rings is 2. The maximum atomic E-state index is 12.8. The predicted molar refractivity (Wildman–Crippen MR) is 106 cm³/mol. The predicted octanol–water partition coefficient (Wildman–Crippen LogP) is 6.11. The molecule has 11 heteroatoms. The van der Waals surface area contributed by atoms with Crippen molar-refractivity contribution in [2.45, 2.75) is 50.2 Å². The SMILES string of the molecule is N#Cc1cc(C(F)(F)F)ccc1O[C@H]1CC[C@H](NC(=O)Nc2cccc(C(F)(F)F)c2)CC1. The summed E-state index contributed by atoms with van der Waals surface area (Å²) in [6, 6.07) is 7.79. The molecule has 0 aromatic heterocycles. The zero-order chi connectivity index (χ0) is 24.2. The Balaban J connectivity index is 1.51. The van der Waals surface area contributed by atoms with Gasteiger partial charge in [-0.15, -0.1) is 0 Å². The highest BCUT2D eigenvalue weighted by Crippen LogP contribution is 2.34. The number of alkyl halides is 6. The molecule has 176 valence electrons. The van der Waals surface area contributed by atoms with Crippen molar-refractivity contribution in [1.29, 1.82) is 5.26 Å². The minimum absolute atomic E-state index is 0.00526. The van der Waals surface area contributed by atoms with Crippen LogP contribution < -0.4 is 15.4 Å². The highest BCUT2D eigenvalue weighted by Gasteiger charge is 2.32. The van der Waals surface area contributed by atoms with Crippen LogP contribution in [0.15, 0.2) is 42.5 Å². The molecule has 0 heterocycles. The number of ether oxygens (including phenoxy) is 1. The zero-order valence-corrected chi connectivity index (χ0v) is 17.1. The van der Waals surface area contributed by atoms with E-state index in [1.165, 1.54) is 12.1 Å². The molecule has 33 heavy (non-hydrogen) atoms. The van der Waals surface area contributed by atoms with Crippen molar-refractivity contribution in [3.8, 4) is 11.8 Å². The van der Waals surface area contributed by atoms with Gasteiger partial charge in [0.05, 0.1) is 22.8 Å². The molecule has 0 aliphatic heterocycles. The van der Waals surface area contributed by atoms with E-state index in [1.54, 1.807) is 6.07 Å². The van der Waals surface area contributed by atoms with E-state index in [-0.39, 0.29) is 29.1 Å². The zero-order valence-electron chi connectivity index (χ0n) is 17.1. The van der Waals surface area contributed by atoms with Gasteiger partial charge in [-0.3, -0.25) is 0 Å². The number of halogens is 6. The molecule has 0 atom stereocenters. The van der Waals surface area contributed by atoms with Gasteiger partial charge in [0.1, 0.15) is 11.8 Å². The molecule has 1 aliphatic rings. The minimum Gasteiger partial charge on any atom is -0.489 e. The van der Waals surface area contributed by atoms with E-state index in [4.69, 9.17) is 10.00 Å². The fraction of sp³-hybridized carbons (Fsp3) is 0.364. The maximum absolute atomic E-state index is 12.8. The molecule has 0 unspecified atom stereocenters. The van der Waals surface area contributed by atoms with Crippen molar-refractivity contribution < 1.29 is 35.9 Å². The van der Waals surface area contributed by atoms with Gasteiger partial charge in [0, 0.05) is 11.7 Å². The fourth-order valence-corrected chi connectivity index (χ4v) is 3.53.